The minimum absolute atomic E-state index is 0.0994. The van der Waals surface area contributed by atoms with Crippen LogP contribution in [0.4, 0.5) is 19.0 Å². The van der Waals surface area contributed by atoms with Gasteiger partial charge in [-0.2, -0.15) is 13.2 Å². The van der Waals surface area contributed by atoms with E-state index in [1.54, 1.807) is 6.07 Å². The molecule has 2 aliphatic rings. The first-order chi connectivity index (χ1) is 10.4. The summed E-state index contributed by atoms with van der Waals surface area (Å²) in [6.45, 7) is 2.09. The largest absolute Gasteiger partial charge is 0.467 e. The molecule has 1 aliphatic carbocycles. The quantitative estimate of drug-likeness (QED) is 0.853. The second kappa shape index (κ2) is 5.91. The molecule has 0 bridgehead atoms. The van der Waals surface area contributed by atoms with Gasteiger partial charge in [-0.25, -0.2) is 0 Å². The minimum atomic E-state index is -4.38. The Balaban J connectivity index is 1.61. The average Bonchev–Trinajstić information content (AvgIpc) is 3.29. The number of hydrogen-bond acceptors (Lipinski definition) is 5. The van der Waals surface area contributed by atoms with Crippen LogP contribution in [0, 0.1) is 5.92 Å². The molecule has 0 radical (unpaired) electrons. The molecule has 1 aliphatic heterocycles. The van der Waals surface area contributed by atoms with E-state index in [2.05, 4.69) is 19.8 Å². The fraction of sp³-hybridized carbons (Fsp3) is 0.714. The van der Waals surface area contributed by atoms with Gasteiger partial charge in [0, 0.05) is 19.2 Å². The number of nitrogens with zero attached hydrogens (tertiary/aromatic N) is 3. The van der Waals surface area contributed by atoms with E-state index in [9.17, 15) is 13.2 Å². The molecule has 0 unspecified atom stereocenters. The third-order valence-electron chi connectivity index (χ3n) is 3.77. The van der Waals surface area contributed by atoms with Crippen LogP contribution in [-0.4, -0.2) is 48.3 Å². The van der Waals surface area contributed by atoms with Crippen molar-refractivity contribution in [3.63, 3.8) is 0 Å². The van der Waals surface area contributed by atoms with E-state index in [0.29, 0.717) is 18.3 Å². The van der Waals surface area contributed by atoms with Crippen molar-refractivity contribution >= 4 is 5.82 Å². The highest BCUT2D eigenvalue weighted by Crippen LogP contribution is 2.37. The second-order valence-corrected chi connectivity index (χ2v) is 5.86. The van der Waals surface area contributed by atoms with Gasteiger partial charge < -0.3 is 14.4 Å². The third-order valence-corrected chi connectivity index (χ3v) is 3.77. The molecule has 122 valence electrons. The summed E-state index contributed by atoms with van der Waals surface area (Å²) < 4.78 is 46.7. The van der Waals surface area contributed by atoms with Gasteiger partial charge in [0.15, 0.2) is 12.4 Å². The molecule has 2 heterocycles. The standard InChI is InChI=1S/C14H18F3N3O2/c1-9-6-20(7-11(22-9)10-2-3-10)12-4-5-13(19-18-12)21-8-14(15,16)17/h4-5,9-11H,2-3,6-8H2,1H3/t9-,11+/m0/s1. The zero-order valence-corrected chi connectivity index (χ0v) is 12.2. The van der Waals surface area contributed by atoms with E-state index in [1.807, 2.05) is 6.92 Å². The van der Waals surface area contributed by atoms with Gasteiger partial charge in [0.1, 0.15) is 0 Å². The number of alkyl halides is 3. The molecule has 1 aromatic rings. The second-order valence-electron chi connectivity index (χ2n) is 5.86. The van der Waals surface area contributed by atoms with E-state index in [4.69, 9.17) is 4.74 Å². The number of hydrogen-bond donors (Lipinski definition) is 0. The van der Waals surface area contributed by atoms with Crippen LogP contribution in [0.3, 0.4) is 0 Å². The van der Waals surface area contributed by atoms with Gasteiger partial charge >= 0.3 is 6.18 Å². The maximum Gasteiger partial charge on any atom is 0.422 e. The molecule has 5 nitrogen and oxygen atoms in total. The van der Waals surface area contributed by atoms with Crippen LogP contribution in [0.1, 0.15) is 19.8 Å². The lowest BCUT2D eigenvalue weighted by molar-refractivity contribution is -0.154. The van der Waals surface area contributed by atoms with Crippen LogP contribution in [0.25, 0.3) is 0 Å². The van der Waals surface area contributed by atoms with Gasteiger partial charge in [-0.1, -0.05) is 0 Å². The van der Waals surface area contributed by atoms with Crippen LogP contribution in [0.15, 0.2) is 12.1 Å². The average molecular weight is 317 g/mol. The Morgan fingerprint density at radius 3 is 2.64 bits per heavy atom. The highest BCUT2D eigenvalue weighted by Gasteiger charge is 2.37. The van der Waals surface area contributed by atoms with E-state index < -0.39 is 12.8 Å². The molecule has 1 saturated heterocycles. The van der Waals surface area contributed by atoms with E-state index in [0.717, 1.165) is 6.54 Å². The van der Waals surface area contributed by atoms with Gasteiger partial charge in [0.05, 0.1) is 12.2 Å². The Morgan fingerprint density at radius 2 is 2.05 bits per heavy atom. The molecule has 2 atom stereocenters. The van der Waals surface area contributed by atoms with Gasteiger partial charge in [-0.15, -0.1) is 10.2 Å². The third kappa shape index (κ3) is 4.00. The number of halogens is 3. The topological polar surface area (TPSA) is 47.5 Å². The van der Waals surface area contributed by atoms with Crippen LogP contribution in [0.2, 0.25) is 0 Å². The molecular formula is C14H18F3N3O2. The van der Waals surface area contributed by atoms with Crippen molar-refractivity contribution < 1.29 is 22.6 Å². The maximum atomic E-state index is 12.1. The Morgan fingerprint density at radius 1 is 1.27 bits per heavy atom. The number of morpholine rings is 1. The lowest BCUT2D eigenvalue weighted by Crippen LogP contribution is -2.47. The normalized spacial score (nSPS) is 26.1. The number of ether oxygens (including phenoxy) is 2. The van der Waals surface area contributed by atoms with Crippen molar-refractivity contribution in [2.75, 3.05) is 24.6 Å². The number of rotatable bonds is 4. The minimum Gasteiger partial charge on any atom is -0.467 e. The fourth-order valence-electron chi connectivity index (χ4n) is 2.62. The molecular weight excluding hydrogens is 299 g/mol. The zero-order valence-electron chi connectivity index (χ0n) is 12.2. The molecule has 1 saturated carbocycles. The molecule has 8 heteroatoms. The Bertz CT molecular complexity index is 505. The van der Waals surface area contributed by atoms with Crippen LogP contribution >= 0.6 is 0 Å². The Kier molecular flexibility index (Phi) is 4.12. The van der Waals surface area contributed by atoms with E-state index in [1.165, 1.54) is 18.9 Å². The zero-order chi connectivity index (χ0) is 15.7. The summed E-state index contributed by atoms with van der Waals surface area (Å²) in [7, 11) is 0. The lowest BCUT2D eigenvalue weighted by atomic mass is 10.1. The van der Waals surface area contributed by atoms with E-state index >= 15 is 0 Å². The summed E-state index contributed by atoms with van der Waals surface area (Å²) in [5, 5.41) is 7.69. The van der Waals surface area contributed by atoms with Crippen molar-refractivity contribution in [1.29, 1.82) is 0 Å². The monoisotopic (exact) mass is 317 g/mol. The molecule has 22 heavy (non-hydrogen) atoms. The fourth-order valence-corrected chi connectivity index (χ4v) is 2.62. The predicted octanol–water partition coefficient (Wildman–Crippen LogP) is 2.42. The summed E-state index contributed by atoms with van der Waals surface area (Å²) in [5.41, 5.74) is 0. The molecule has 1 aromatic heterocycles. The van der Waals surface area contributed by atoms with Crippen molar-refractivity contribution in [2.45, 2.75) is 38.1 Å². The van der Waals surface area contributed by atoms with Gasteiger partial charge in [-0.05, 0) is 31.7 Å². The number of aromatic nitrogens is 2. The molecule has 3 rings (SSSR count). The SMILES string of the molecule is C[C@H]1CN(c2ccc(OCC(F)(F)F)nn2)C[C@H](C2CC2)O1. The van der Waals surface area contributed by atoms with Crippen molar-refractivity contribution in [3.8, 4) is 5.88 Å². The first-order valence-electron chi connectivity index (χ1n) is 7.34. The van der Waals surface area contributed by atoms with Crippen LogP contribution < -0.4 is 9.64 Å². The van der Waals surface area contributed by atoms with Gasteiger partial charge in [-0.3, -0.25) is 0 Å². The van der Waals surface area contributed by atoms with Crippen LogP contribution in [0.5, 0.6) is 5.88 Å². The molecule has 2 fully saturated rings. The number of anilines is 1. The molecule has 0 aromatic carbocycles. The van der Waals surface area contributed by atoms with Gasteiger partial charge in [0.2, 0.25) is 5.88 Å². The molecule has 0 spiro atoms. The molecule has 0 N–H and O–H groups in total. The van der Waals surface area contributed by atoms with Crippen molar-refractivity contribution in [3.05, 3.63) is 12.1 Å². The molecule has 0 amide bonds. The summed E-state index contributed by atoms with van der Waals surface area (Å²) in [6.07, 6.45) is -1.69. The van der Waals surface area contributed by atoms with Gasteiger partial charge in [0.25, 0.3) is 0 Å². The van der Waals surface area contributed by atoms with Crippen molar-refractivity contribution in [1.82, 2.24) is 10.2 Å². The smallest absolute Gasteiger partial charge is 0.422 e. The van der Waals surface area contributed by atoms with Crippen LogP contribution in [-0.2, 0) is 4.74 Å². The summed E-state index contributed by atoms with van der Waals surface area (Å²) >= 11 is 0. The highest BCUT2D eigenvalue weighted by atomic mass is 19.4. The first-order valence-corrected chi connectivity index (χ1v) is 7.34. The summed E-state index contributed by atoms with van der Waals surface area (Å²) in [5.74, 6) is 1.13. The Labute approximate surface area is 126 Å². The highest BCUT2D eigenvalue weighted by molar-refractivity contribution is 5.39. The Hall–Kier alpha value is -1.57. The predicted molar refractivity (Wildman–Crippen MR) is 72.9 cm³/mol. The summed E-state index contributed by atoms with van der Waals surface area (Å²) in [6, 6.07) is 3.06. The first kappa shape index (κ1) is 15.3. The van der Waals surface area contributed by atoms with E-state index in [-0.39, 0.29) is 18.1 Å². The van der Waals surface area contributed by atoms with Crippen molar-refractivity contribution in [2.24, 2.45) is 5.92 Å². The summed E-state index contributed by atoms with van der Waals surface area (Å²) in [4.78, 5) is 2.07. The maximum absolute atomic E-state index is 12.1. The lowest BCUT2D eigenvalue weighted by Gasteiger charge is -2.37.